The van der Waals surface area contributed by atoms with Gasteiger partial charge in [0.15, 0.2) is 5.78 Å². The first-order valence-corrected chi connectivity index (χ1v) is 10.3. The molecule has 0 aromatic heterocycles. The van der Waals surface area contributed by atoms with Gasteiger partial charge in [-0.15, -0.1) is 0 Å². The zero-order valence-electron chi connectivity index (χ0n) is 18.0. The average molecular weight is 405 g/mol. The van der Waals surface area contributed by atoms with Gasteiger partial charge in [-0.3, -0.25) is 14.5 Å². The fourth-order valence-electron chi connectivity index (χ4n) is 4.75. The van der Waals surface area contributed by atoms with Crippen molar-refractivity contribution in [2.24, 2.45) is 0 Å². The molecule has 1 aliphatic heterocycles. The van der Waals surface area contributed by atoms with Crippen molar-refractivity contribution in [3.05, 3.63) is 64.4 Å². The van der Waals surface area contributed by atoms with Crippen LogP contribution in [0.2, 0.25) is 0 Å². The van der Waals surface area contributed by atoms with Crippen LogP contribution in [0.3, 0.4) is 0 Å². The monoisotopic (exact) mass is 405 g/mol. The molecule has 0 radical (unpaired) electrons. The lowest BCUT2D eigenvalue weighted by molar-refractivity contribution is -0.119. The van der Waals surface area contributed by atoms with E-state index in [0.29, 0.717) is 24.3 Å². The van der Waals surface area contributed by atoms with Gasteiger partial charge in [-0.1, -0.05) is 6.07 Å². The van der Waals surface area contributed by atoms with Crippen LogP contribution >= 0.6 is 0 Å². The van der Waals surface area contributed by atoms with Crippen LogP contribution in [0.1, 0.15) is 48.3 Å². The van der Waals surface area contributed by atoms with Crippen molar-refractivity contribution in [3.63, 3.8) is 0 Å². The molecule has 1 amide bonds. The van der Waals surface area contributed by atoms with Gasteiger partial charge >= 0.3 is 0 Å². The van der Waals surface area contributed by atoms with Gasteiger partial charge in [-0.05, 0) is 68.1 Å². The second-order valence-electron chi connectivity index (χ2n) is 8.08. The topological polar surface area (TPSA) is 55.8 Å². The van der Waals surface area contributed by atoms with Gasteiger partial charge in [0.1, 0.15) is 11.5 Å². The van der Waals surface area contributed by atoms with Gasteiger partial charge in [-0.25, -0.2) is 0 Å². The summed E-state index contributed by atoms with van der Waals surface area (Å²) in [6.07, 6.45) is 2.20. The number of carbonyl (C=O) groups excluding carboxylic acids is 2. The molecule has 1 aliphatic carbocycles. The number of Topliss-reactive ketones (excluding diaryl/α,β-unsaturated/α-hetero) is 1. The number of hydrogen-bond acceptors (Lipinski definition) is 4. The zero-order chi connectivity index (χ0) is 21.4. The summed E-state index contributed by atoms with van der Waals surface area (Å²) in [6, 6.07) is 11.7. The number of ether oxygens (including phenoxy) is 2. The van der Waals surface area contributed by atoms with Crippen LogP contribution in [0.25, 0.3) is 0 Å². The van der Waals surface area contributed by atoms with Gasteiger partial charge in [0.25, 0.3) is 0 Å². The van der Waals surface area contributed by atoms with Crippen molar-refractivity contribution in [1.29, 1.82) is 0 Å². The van der Waals surface area contributed by atoms with E-state index in [1.54, 1.807) is 19.1 Å². The normalized spacial score (nSPS) is 19.1. The summed E-state index contributed by atoms with van der Waals surface area (Å²) in [5, 5.41) is 0. The molecule has 2 aromatic rings. The van der Waals surface area contributed by atoms with E-state index in [9.17, 15) is 9.59 Å². The minimum atomic E-state index is -0.326. The molecule has 0 spiro atoms. The third-order valence-electron chi connectivity index (χ3n) is 5.95. The maximum Gasteiger partial charge on any atom is 0.232 e. The van der Waals surface area contributed by atoms with E-state index in [1.165, 1.54) is 0 Å². The van der Waals surface area contributed by atoms with E-state index >= 15 is 0 Å². The Morgan fingerprint density at radius 1 is 0.933 bits per heavy atom. The molecule has 5 nitrogen and oxygen atoms in total. The quantitative estimate of drug-likeness (QED) is 0.730. The number of aryl methyl sites for hydroxylation is 2. The molecule has 0 fully saturated rings. The molecule has 5 heteroatoms. The number of methoxy groups -OCH3 is 2. The molecule has 4 rings (SSSR count). The molecule has 2 aromatic carbocycles. The van der Waals surface area contributed by atoms with E-state index in [0.717, 1.165) is 40.1 Å². The van der Waals surface area contributed by atoms with Crippen LogP contribution in [0.4, 0.5) is 5.69 Å². The van der Waals surface area contributed by atoms with E-state index in [-0.39, 0.29) is 24.0 Å². The second kappa shape index (κ2) is 7.98. The molecule has 1 atom stereocenters. The molecule has 0 bridgehead atoms. The first-order chi connectivity index (χ1) is 14.4. The molecule has 156 valence electrons. The number of amides is 1. The van der Waals surface area contributed by atoms with Gasteiger partial charge in [0.2, 0.25) is 5.91 Å². The SMILES string of the molecule is COc1ccc(OC)c(C2CC(=O)N(c3cc(C)cc(C)c3)C3=C2C(=O)CCC3)c1. The number of rotatable bonds is 4. The van der Waals surface area contributed by atoms with E-state index < -0.39 is 0 Å². The largest absolute Gasteiger partial charge is 0.497 e. The minimum Gasteiger partial charge on any atom is -0.497 e. The number of nitrogens with zero attached hydrogens (tertiary/aromatic N) is 1. The number of hydrogen-bond donors (Lipinski definition) is 0. The maximum atomic E-state index is 13.4. The number of benzene rings is 2. The molecular formula is C25H27NO4. The first-order valence-electron chi connectivity index (χ1n) is 10.3. The Hall–Kier alpha value is -3.08. The first kappa shape index (κ1) is 20.2. The summed E-state index contributed by atoms with van der Waals surface area (Å²) in [6.45, 7) is 4.05. The van der Waals surface area contributed by atoms with Crippen LogP contribution in [-0.4, -0.2) is 25.9 Å². The highest BCUT2D eigenvalue weighted by Gasteiger charge is 2.40. The van der Waals surface area contributed by atoms with Crippen molar-refractivity contribution < 1.29 is 19.1 Å². The lowest BCUT2D eigenvalue weighted by atomic mass is 9.76. The fourth-order valence-corrected chi connectivity index (χ4v) is 4.75. The molecule has 0 N–H and O–H groups in total. The van der Waals surface area contributed by atoms with Crippen LogP contribution in [0, 0.1) is 13.8 Å². The van der Waals surface area contributed by atoms with E-state index in [4.69, 9.17) is 9.47 Å². The van der Waals surface area contributed by atoms with Crippen LogP contribution in [0.5, 0.6) is 11.5 Å². The maximum absolute atomic E-state index is 13.4. The molecule has 2 aliphatic rings. The molecule has 1 heterocycles. The van der Waals surface area contributed by atoms with Crippen molar-refractivity contribution in [1.82, 2.24) is 0 Å². The lowest BCUT2D eigenvalue weighted by Gasteiger charge is -2.38. The second-order valence-corrected chi connectivity index (χ2v) is 8.08. The third-order valence-corrected chi connectivity index (χ3v) is 5.95. The predicted molar refractivity (Wildman–Crippen MR) is 116 cm³/mol. The Kier molecular flexibility index (Phi) is 5.37. The number of carbonyl (C=O) groups is 2. The summed E-state index contributed by atoms with van der Waals surface area (Å²) in [5.74, 6) is 1.14. The highest BCUT2D eigenvalue weighted by atomic mass is 16.5. The van der Waals surface area contributed by atoms with Crippen molar-refractivity contribution in [2.75, 3.05) is 19.1 Å². The van der Waals surface area contributed by atoms with Crippen LogP contribution in [-0.2, 0) is 9.59 Å². The molecule has 1 unspecified atom stereocenters. The zero-order valence-corrected chi connectivity index (χ0v) is 18.0. The smallest absolute Gasteiger partial charge is 0.232 e. The molecular weight excluding hydrogens is 378 g/mol. The summed E-state index contributed by atoms with van der Waals surface area (Å²) in [4.78, 5) is 28.3. The Bertz CT molecular complexity index is 1030. The highest BCUT2D eigenvalue weighted by molar-refractivity contribution is 6.07. The number of allylic oxidation sites excluding steroid dienone is 2. The Balaban J connectivity index is 1.90. The number of anilines is 1. The van der Waals surface area contributed by atoms with E-state index in [1.807, 2.05) is 44.2 Å². The lowest BCUT2D eigenvalue weighted by Crippen LogP contribution is -2.40. The predicted octanol–water partition coefficient (Wildman–Crippen LogP) is 4.85. The van der Waals surface area contributed by atoms with Gasteiger partial charge in [0, 0.05) is 41.3 Å². The third kappa shape index (κ3) is 3.49. The summed E-state index contributed by atoms with van der Waals surface area (Å²) in [5.41, 5.74) is 5.44. The van der Waals surface area contributed by atoms with Crippen molar-refractivity contribution in [2.45, 2.75) is 45.4 Å². The van der Waals surface area contributed by atoms with Gasteiger partial charge in [-0.2, -0.15) is 0 Å². The Morgan fingerprint density at radius 2 is 1.67 bits per heavy atom. The van der Waals surface area contributed by atoms with Gasteiger partial charge in [0.05, 0.1) is 14.2 Å². The summed E-state index contributed by atoms with van der Waals surface area (Å²) in [7, 11) is 3.21. The fraction of sp³-hybridized carbons (Fsp3) is 0.360. The van der Waals surface area contributed by atoms with Gasteiger partial charge < -0.3 is 9.47 Å². The number of ketones is 1. The molecule has 0 saturated heterocycles. The molecule has 0 saturated carbocycles. The van der Waals surface area contributed by atoms with Crippen molar-refractivity contribution >= 4 is 17.4 Å². The Morgan fingerprint density at radius 3 is 2.33 bits per heavy atom. The van der Waals surface area contributed by atoms with Crippen LogP contribution in [0.15, 0.2) is 47.7 Å². The minimum absolute atomic E-state index is 0.00308. The van der Waals surface area contributed by atoms with Crippen molar-refractivity contribution in [3.8, 4) is 11.5 Å². The molecule has 30 heavy (non-hydrogen) atoms. The van der Waals surface area contributed by atoms with E-state index in [2.05, 4.69) is 6.07 Å². The standard InChI is InChI=1S/C25H27NO4/c1-15-10-16(2)12-17(11-15)26-21-6-5-7-22(27)25(21)20(14-24(26)28)19-13-18(29-3)8-9-23(19)30-4/h8-13,20H,5-7,14H2,1-4H3. The summed E-state index contributed by atoms with van der Waals surface area (Å²) >= 11 is 0. The van der Waals surface area contributed by atoms with Crippen LogP contribution < -0.4 is 14.4 Å². The average Bonchev–Trinajstić information content (AvgIpc) is 2.72. The Labute approximate surface area is 177 Å². The summed E-state index contributed by atoms with van der Waals surface area (Å²) < 4.78 is 11.0. The highest BCUT2D eigenvalue weighted by Crippen LogP contribution is 2.46.